The van der Waals surface area contributed by atoms with E-state index in [1.54, 1.807) is 12.4 Å². The van der Waals surface area contributed by atoms with Gasteiger partial charge in [-0.15, -0.1) is 0 Å². The molecule has 130 valence electrons. The molecule has 2 aliphatic rings. The van der Waals surface area contributed by atoms with Gasteiger partial charge in [0.15, 0.2) is 0 Å². The SMILES string of the molecule is O=C(c1cccnc1)N1CCN(c2ccc(N3CCCC3)cc2)CC1. The molecule has 0 atom stereocenters. The third-order valence-corrected chi connectivity index (χ3v) is 5.16. The minimum atomic E-state index is 0.0807. The maximum Gasteiger partial charge on any atom is 0.255 e. The van der Waals surface area contributed by atoms with Gasteiger partial charge in [-0.1, -0.05) is 0 Å². The Kier molecular flexibility index (Phi) is 4.55. The lowest BCUT2D eigenvalue weighted by atomic mass is 10.2. The number of aromatic nitrogens is 1. The van der Waals surface area contributed by atoms with Crippen molar-refractivity contribution in [3.63, 3.8) is 0 Å². The van der Waals surface area contributed by atoms with Crippen molar-refractivity contribution in [3.05, 3.63) is 54.4 Å². The molecule has 2 fully saturated rings. The molecule has 1 aromatic carbocycles. The fourth-order valence-corrected chi connectivity index (χ4v) is 3.69. The summed E-state index contributed by atoms with van der Waals surface area (Å²) in [5, 5.41) is 0. The van der Waals surface area contributed by atoms with E-state index < -0.39 is 0 Å². The summed E-state index contributed by atoms with van der Waals surface area (Å²) in [6.45, 7) is 5.59. The van der Waals surface area contributed by atoms with Gasteiger partial charge in [0.05, 0.1) is 5.56 Å². The molecule has 5 heteroatoms. The van der Waals surface area contributed by atoms with Crippen LogP contribution in [-0.4, -0.2) is 55.1 Å². The molecule has 1 amide bonds. The van der Waals surface area contributed by atoms with Crippen LogP contribution in [0, 0.1) is 0 Å². The number of piperazine rings is 1. The smallest absolute Gasteiger partial charge is 0.255 e. The van der Waals surface area contributed by atoms with Gasteiger partial charge in [0.1, 0.15) is 0 Å². The van der Waals surface area contributed by atoms with Gasteiger partial charge < -0.3 is 14.7 Å². The summed E-state index contributed by atoms with van der Waals surface area (Å²) in [7, 11) is 0. The van der Waals surface area contributed by atoms with Gasteiger partial charge in [-0.3, -0.25) is 9.78 Å². The maximum atomic E-state index is 12.5. The van der Waals surface area contributed by atoms with Crippen LogP contribution in [0.1, 0.15) is 23.2 Å². The first kappa shape index (κ1) is 15.9. The van der Waals surface area contributed by atoms with Crippen LogP contribution in [-0.2, 0) is 0 Å². The molecule has 2 aliphatic heterocycles. The van der Waals surface area contributed by atoms with Crippen LogP contribution in [0.5, 0.6) is 0 Å². The molecule has 0 saturated carbocycles. The van der Waals surface area contributed by atoms with Crippen molar-refractivity contribution in [2.45, 2.75) is 12.8 Å². The number of rotatable bonds is 3. The minimum absolute atomic E-state index is 0.0807. The third-order valence-electron chi connectivity index (χ3n) is 5.16. The zero-order valence-electron chi connectivity index (χ0n) is 14.5. The Morgan fingerprint density at radius 2 is 1.40 bits per heavy atom. The Morgan fingerprint density at radius 1 is 0.800 bits per heavy atom. The Bertz CT molecular complexity index is 702. The van der Waals surface area contributed by atoms with Crippen LogP contribution in [0.4, 0.5) is 11.4 Å². The number of pyridine rings is 1. The van der Waals surface area contributed by atoms with Gasteiger partial charge in [0.25, 0.3) is 5.91 Å². The highest BCUT2D eigenvalue weighted by Gasteiger charge is 2.22. The van der Waals surface area contributed by atoms with Gasteiger partial charge >= 0.3 is 0 Å². The molecule has 0 spiro atoms. The van der Waals surface area contributed by atoms with Crippen molar-refractivity contribution >= 4 is 17.3 Å². The first-order valence-electron chi connectivity index (χ1n) is 9.10. The molecule has 25 heavy (non-hydrogen) atoms. The first-order chi connectivity index (χ1) is 12.3. The molecule has 0 bridgehead atoms. The zero-order chi connectivity index (χ0) is 17.1. The number of hydrogen-bond acceptors (Lipinski definition) is 4. The molecule has 0 aliphatic carbocycles. The van der Waals surface area contributed by atoms with Crippen molar-refractivity contribution in [2.75, 3.05) is 49.1 Å². The number of hydrogen-bond donors (Lipinski definition) is 0. The lowest BCUT2D eigenvalue weighted by Gasteiger charge is -2.36. The second-order valence-corrected chi connectivity index (χ2v) is 6.73. The molecule has 2 saturated heterocycles. The van der Waals surface area contributed by atoms with Gasteiger partial charge in [-0.2, -0.15) is 0 Å². The van der Waals surface area contributed by atoms with E-state index >= 15 is 0 Å². The fraction of sp³-hybridized carbons (Fsp3) is 0.400. The van der Waals surface area contributed by atoms with Crippen LogP contribution in [0.15, 0.2) is 48.8 Å². The van der Waals surface area contributed by atoms with Gasteiger partial charge in [0.2, 0.25) is 0 Å². The van der Waals surface area contributed by atoms with E-state index in [4.69, 9.17) is 0 Å². The molecule has 3 heterocycles. The van der Waals surface area contributed by atoms with E-state index in [1.165, 1.54) is 37.3 Å². The average molecular weight is 336 g/mol. The Labute approximate surface area is 148 Å². The van der Waals surface area contributed by atoms with Crippen molar-refractivity contribution < 1.29 is 4.79 Å². The summed E-state index contributed by atoms with van der Waals surface area (Å²) >= 11 is 0. The van der Waals surface area contributed by atoms with Crippen LogP contribution in [0.2, 0.25) is 0 Å². The highest BCUT2D eigenvalue weighted by atomic mass is 16.2. The highest BCUT2D eigenvalue weighted by molar-refractivity contribution is 5.94. The highest BCUT2D eigenvalue weighted by Crippen LogP contribution is 2.24. The van der Waals surface area contributed by atoms with Crippen molar-refractivity contribution in [3.8, 4) is 0 Å². The Balaban J connectivity index is 1.36. The summed E-state index contributed by atoms with van der Waals surface area (Å²) in [4.78, 5) is 23.3. The summed E-state index contributed by atoms with van der Waals surface area (Å²) < 4.78 is 0. The van der Waals surface area contributed by atoms with E-state index in [2.05, 4.69) is 39.0 Å². The maximum absolute atomic E-state index is 12.5. The van der Waals surface area contributed by atoms with Crippen LogP contribution in [0.3, 0.4) is 0 Å². The van der Waals surface area contributed by atoms with Crippen molar-refractivity contribution in [1.29, 1.82) is 0 Å². The molecule has 2 aromatic rings. The minimum Gasteiger partial charge on any atom is -0.372 e. The Morgan fingerprint density at radius 3 is 1.96 bits per heavy atom. The summed E-state index contributed by atoms with van der Waals surface area (Å²) in [5.41, 5.74) is 3.24. The van der Waals surface area contributed by atoms with E-state index in [0.29, 0.717) is 5.56 Å². The summed E-state index contributed by atoms with van der Waals surface area (Å²) in [6, 6.07) is 12.5. The van der Waals surface area contributed by atoms with Gasteiger partial charge in [0, 0.05) is 63.0 Å². The molecule has 4 rings (SSSR count). The summed E-state index contributed by atoms with van der Waals surface area (Å²) in [5.74, 6) is 0.0807. The van der Waals surface area contributed by atoms with E-state index in [-0.39, 0.29) is 5.91 Å². The predicted molar refractivity (Wildman–Crippen MR) is 100 cm³/mol. The average Bonchev–Trinajstić information content (AvgIpc) is 3.23. The number of carbonyl (C=O) groups excluding carboxylic acids is 1. The van der Waals surface area contributed by atoms with Crippen molar-refractivity contribution in [2.24, 2.45) is 0 Å². The van der Waals surface area contributed by atoms with Crippen LogP contribution >= 0.6 is 0 Å². The molecule has 0 unspecified atom stereocenters. The first-order valence-corrected chi connectivity index (χ1v) is 9.10. The quantitative estimate of drug-likeness (QED) is 0.864. The molecular formula is C20H24N4O. The predicted octanol–water partition coefficient (Wildman–Crippen LogP) is 2.64. The van der Waals surface area contributed by atoms with Crippen LogP contribution in [0.25, 0.3) is 0 Å². The lowest BCUT2D eigenvalue weighted by Crippen LogP contribution is -2.48. The standard InChI is InChI=1S/C20H24N4O/c25-20(17-4-3-9-21-16-17)24-14-12-23(13-15-24)19-7-5-18(6-8-19)22-10-1-2-11-22/h3-9,16H,1-2,10-15H2. The number of carbonyl (C=O) groups is 1. The monoisotopic (exact) mass is 336 g/mol. The Hall–Kier alpha value is -2.56. The zero-order valence-corrected chi connectivity index (χ0v) is 14.5. The van der Waals surface area contributed by atoms with E-state index in [1.807, 2.05) is 17.0 Å². The van der Waals surface area contributed by atoms with Crippen LogP contribution < -0.4 is 9.80 Å². The topological polar surface area (TPSA) is 39.7 Å². The molecule has 0 N–H and O–H groups in total. The molecule has 1 aromatic heterocycles. The molecule has 0 radical (unpaired) electrons. The van der Waals surface area contributed by atoms with Crippen molar-refractivity contribution in [1.82, 2.24) is 9.88 Å². The number of amides is 1. The normalized spacial score (nSPS) is 17.8. The van der Waals surface area contributed by atoms with Gasteiger partial charge in [-0.25, -0.2) is 0 Å². The molecule has 5 nitrogen and oxygen atoms in total. The second kappa shape index (κ2) is 7.13. The van der Waals surface area contributed by atoms with E-state index in [9.17, 15) is 4.79 Å². The summed E-state index contributed by atoms with van der Waals surface area (Å²) in [6.07, 6.45) is 5.94. The molecular weight excluding hydrogens is 312 g/mol. The number of benzene rings is 1. The van der Waals surface area contributed by atoms with Gasteiger partial charge in [-0.05, 0) is 49.2 Å². The number of anilines is 2. The fourth-order valence-electron chi connectivity index (χ4n) is 3.69. The number of nitrogens with zero attached hydrogens (tertiary/aromatic N) is 4. The second-order valence-electron chi connectivity index (χ2n) is 6.73. The lowest BCUT2D eigenvalue weighted by molar-refractivity contribution is 0.0746. The largest absolute Gasteiger partial charge is 0.372 e. The third kappa shape index (κ3) is 3.45. The van der Waals surface area contributed by atoms with E-state index in [0.717, 1.165) is 26.2 Å².